The maximum Gasteiger partial charge on any atom is 0.263 e. The van der Waals surface area contributed by atoms with Crippen LogP contribution in [0.15, 0.2) is 29.3 Å². The Morgan fingerprint density at radius 2 is 2.00 bits per heavy atom. The molecule has 0 bridgehead atoms. The zero-order chi connectivity index (χ0) is 21.4. The Hall–Kier alpha value is -2.47. The second-order valence-electron chi connectivity index (χ2n) is 8.31. The molecule has 2 atom stereocenters. The number of hydrogen-bond acceptors (Lipinski definition) is 4. The summed E-state index contributed by atoms with van der Waals surface area (Å²) in [6.45, 7) is 8.18. The molecule has 3 aromatic rings. The van der Waals surface area contributed by atoms with E-state index >= 15 is 0 Å². The highest BCUT2D eigenvalue weighted by Crippen LogP contribution is 2.35. The van der Waals surface area contributed by atoms with Gasteiger partial charge in [-0.2, -0.15) is 0 Å². The van der Waals surface area contributed by atoms with Crippen molar-refractivity contribution in [3.8, 4) is 0 Å². The molecule has 0 unspecified atom stereocenters. The van der Waals surface area contributed by atoms with Crippen molar-refractivity contribution < 1.29 is 4.79 Å². The van der Waals surface area contributed by atoms with Crippen molar-refractivity contribution in [1.29, 1.82) is 0 Å². The normalized spacial score (nSPS) is 17.0. The van der Waals surface area contributed by atoms with E-state index in [-0.39, 0.29) is 11.5 Å². The number of benzene rings is 1. The van der Waals surface area contributed by atoms with Gasteiger partial charge in [-0.3, -0.25) is 14.2 Å². The van der Waals surface area contributed by atoms with Gasteiger partial charge in [0.1, 0.15) is 10.9 Å². The highest BCUT2D eigenvalue weighted by Gasteiger charge is 2.25. The first-order chi connectivity index (χ1) is 14.4. The van der Waals surface area contributed by atoms with E-state index in [4.69, 9.17) is 0 Å². The molecule has 0 saturated heterocycles. The number of aromatic nitrogens is 2. The maximum absolute atomic E-state index is 13.3. The Balaban J connectivity index is 1.69. The molecule has 1 aliphatic rings. The van der Waals surface area contributed by atoms with Crippen LogP contribution in [-0.2, 0) is 30.5 Å². The van der Waals surface area contributed by atoms with Gasteiger partial charge >= 0.3 is 0 Å². The van der Waals surface area contributed by atoms with Gasteiger partial charge in [-0.15, -0.1) is 11.3 Å². The van der Waals surface area contributed by atoms with Crippen LogP contribution >= 0.6 is 11.3 Å². The fourth-order valence-corrected chi connectivity index (χ4v) is 5.72. The van der Waals surface area contributed by atoms with Gasteiger partial charge in [0.25, 0.3) is 5.56 Å². The van der Waals surface area contributed by atoms with E-state index in [2.05, 4.69) is 31.1 Å². The highest BCUT2D eigenvalue weighted by atomic mass is 32.1. The van der Waals surface area contributed by atoms with Crippen LogP contribution in [0.2, 0.25) is 0 Å². The molecule has 2 aromatic heterocycles. The van der Waals surface area contributed by atoms with Crippen LogP contribution in [0.25, 0.3) is 10.2 Å². The molecule has 1 amide bonds. The van der Waals surface area contributed by atoms with E-state index < -0.39 is 6.04 Å². The van der Waals surface area contributed by atoms with Gasteiger partial charge in [0.05, 0.1) is 11.7 Å². The summed E-state index contributed by atoms with van der Waals surface area (Å²) in [6.07, 6.45) is 6.24. The van der Waals surface area contributed by atoms with Gasteiger partial charge in [-0.1, -0.05) is 39.0 Å². The first-order valence-corrected chi connectivity index (χ1v) is 11.7. The summed E-state index contributed by atoms with van der Waals surface area (Å²) < 4.78 is 1.49. The molecule has 1 aliphatic carbocycles. The lowest BCUT2D eigenvalue weighted by Gasteiger charge is -2.19. The number of nitrogens with one attached hydrogen (secondary N) is 1. The number of carbonyl (C=O) groups is 1. The van der Waals surface area contributed by atoms with Crippen molar-refractivity contribution in [2.24, 2.45) is 5.92 Å². The first kappa shape index (κ1) is 20.8. The molecule has 1 N–H and O–H groups in total. The van der Waals surface area contributed by atoms with Crippen molar-refractivity contribution in [1.82, 2.24) is 9.55 Å². The number of para-hydroxylation sites is 1. The van der Waals surface area contributed by atoms with E-state index in [9.17, 15) is 9.59 Å². The molecular formula is C24H29N3O2S. The van der Waals surface area contributed by atoms with Crippen LogP contribution in [0, 0.1) is 5.92 Å². The van der Waals surface area contributed by atoms with Gasteiger partial charge in [0, 0.05) is 10.6 Å². The number of nitrogens with zero attached hydrogens (tertiary/aromatic N) is 2. The number of carbonyl (C=O) groups excluding carboxylic acids is 1. The number of thiophene rings is 1. The fourth-order valence-electron chi connectivity index (χ4n) is 4.38. The Labute approximate surface area is 181 Å². The monoisotopic (exact) mass is 423 g/mol. The van der Waals surface area contributed by atoms with Crippen LogP contribution < -0.4 is 10.9 Å². The van der Waals surface area contributed by atoms with Crippen LogP contribution in [0.3, 0.4) is 0 Å². The van der Waals surface area contributed by atoms with E-state index in [0.29, 0.717) is 11.3 Å². The summed E-state index contributed by atoms with van der Waals surface area (Å²) >= 11 is 1.63. The molecule has 0 spiro atoms. The van der Waals surface area contributed by atoms with Crippen LogP contribution in [-0.4, -0.2) is 15.5 Å². The summed E-state index contributed by atoms with van der Waals surface area (Å²) in [5, 5.41) is 3.81. The molecule has 5 nitrogen and oxygen atoms in total. The smallest absolute Gasteiger partial charge is 0.263 e. The van der Waals surface area contributed by atoms with Crippen molar-refractivity contribution in [2.45, 2.75) is 65.8 Å². The predicted octanol–water partition coefficient (Wildman–Crippen LogP) is 4.91. The summed E-state index contributed by atoms with van der Waals surface area (Å²) in [7, 11) is 0. The molecule has 1 aromatic carbocycles. The summed E-state index contributed by atoms with van der Waals surface area (Å²) in [5.41, 5.74) is 4.14. The first-order valence-electron chi connectivity index (χ1n) is 10.9. The topological polar surface area (TPSA) is 64.0 Å². The lowest BCUT2D eigenvalue weighted by molar-refractivity contribution is -0.118. The Bertz CT molecular complexity index is 1140. The number of amides is 1. The van der Waals surface area contributed by atoms with E-state index in [1.807, 2.05) is 18.2 Å². The Kier molecular flexibility index (Phi) is 5.78. The van der Waals surface area contributed by atoms with Gasteiger partial charge in [0.15, 0.2) is 0 Å². The van der Waals surface area contributed by atoms with Crippen molar-refractivity contribution >= 4 is 33.1 Å². The number of fused-ring (bicyclic) bond motifs is 3. The van der Waals surface area contributed by atoms with Crippen LogP contribution in [0.1, 0.15) is 61.7 Å². The zero-order valence-corrected chi connectivity index (χ0v) is 18.9. The third kappa shape index (κ3) is 3.58. The van der Waals surface area contributed by atoms with E-state index in [1.54, 1.807) is 18.3 Å². The lowest BCUT2D eigenvalue weighted by atomic mass is 9.89. The van der Waals surface area contributed by atoms with Crippen molar-refractivity contribution in [3.05, 3.63) is 56.4 Å². The highest BCUT2D eigenvalue weighted by molar-refractivity contribution is 7.18. The van der Waals surface area contributed by atoms with Crippen molar-refractivity contribution in [2.75, 3.05) is 5.32 Å². The van der Waals surface area contributed by atoms with E-state index in [1.165, 1.54) is 15.8 Å². The number of rotatable bonds is 5. The number of hydrogen-bond donors (Lipinski definition) is 1. The molecule has 2 heterocycles. The van der Waals surface area contributed by atoms with Crippen molar-refractivity contribution in [3.63, 3.8) is 0 Å². The zero-order valence-electron chi connectivity index (χ0n) is 18.1. The number of anilines is 1. The Morgan fingerprint density at radius 1 is 1.30 bits per heavy atom. The molecule has 0 saturated carbocycles. The third-order valence-electron chi connectivity index (χ3n) is 6.28. The minimum Gasteiger partial charge on any atom is -0.324 e. The maximum atomic E-state index is 13.3. The average molecular weight is 424 g/mol. The van der Waals surface area contributed by atoms with Crippen LogP contribution in [0.5, 0.6) is 0 Å². The van der Waals surface area contributed by atoms with Gasteiger partial charge in [-0.25, -0.2) is 4.98 Å². The summed E-state index contributed by atoms with van der Waals surface area (Å²) in [4.78, 5) is 33.1. The quantitative estimate of drug-likeness (QED) is 0.634. The Morgan fingerprint density at radius 3 is 2.67 bits per heavy atom. The predicted molar refractivity (Wildman–Crippen MR) is 124 cm³/mol. The second kappa shape index (κ2) is 8.34. The molecular weight excluding hydrogens is 394 g/mol. The second-order valence-corrected chi connectivity index (χ2v) is 9.40. The van der Waals surface area contributed by atoms with Gasteiger partial charge in [-0.05, 0) is 61.6 Å². The lowest BCUT2D eigenvalue weighted by Crippen LogP contribution is -2.32. The fraction of sp³-hybridized carbons (Fsp3) is 0.458. The average Bonchev–Trinajstić information content (AvgIpc) is 3.11. The molecule has 0 fully saturated rings. The minimum absolute atomic E-state index is 0.103. The largest absolute Gasteiger partial charge is 0.324 e. The molecule has 0 radical (unpaired) electrons. The minimum atomic E-state index is -0.637. The third-order valence-corrected chi connectivity index (χ3v) is 7.45. The molecule has 0 aliphatic heterocycles. The van der Waals surface area contributed by atoms with Gasteiger partial charge < -0.3 is 5.32 Å². The van der Waals surface area contributed by atoms with E-state index in [0.717, 1.165) is 59.3 Å². The molecule has 30 heavy (non-hydrogen) atoms. The van der Waals surface area contributed by atoms with Crippen LogP contribution in [0.4, 0.5) is 5.69 Å². The standard InChI is InChI=1S/C24H29N3O2S/c1-5-16-8-7-9-17(6-2)21(16)26-22(28)15(4)27-13-25-23-20(24(27)29)18-11-10-14(3)12-19(18)30-23/h7-9,13-15H,5-6,10-12H2,1-4H3,(H,26,28)/t14-,15-/m0/s1. The SMILES string of the molecule is CCc1cccc(CC)c1NC(=O)[C@H](C)n1cnc2sc3c(c2c1=O)CC[C@H](C)C3. The molecule has 4 rings (SSSR count). The van der Waals surface area contributed by atoms with Gasteiger partial charge in [0.2, 0.25) is 5.91 Å². The molecule has 6 heteroatoms. The summed E-state index contributed by atoms with van der Waals surface area (Å²) in [6, 6.07) is 5.47. The summed E-state index contributed by atoms with van der Waals surface area (Å²) in [5.74, 6) is 0.454. The number of aryl methyl sites for hydroxylation is 3. The molecule has 158 valence electrons.